The van der Waals surface area contributed by atoms with Gasteiger partial charge in [-0.05, 0) is 6.92 Å². The monoisotopic (exact) mass is 410 g/mol. The molecule has 2 saturated heterocycles. The maximum Gasteiger partial charge on any atom is 0.412 e. The van der Waals surface area contributed by atoms with E-state index in [-0.39, 0.29) is 12.4 Å². The number of amides is 1. The van der Waals surface area contributed by atoms with E-state index in [0.717, 1.165) is 17.7 Å². The summed E-state index contributed by atoms with van der Waals surface area (Å²) in [6, 6.07) is 0. The van der Waals surface area contributed by atoms with Gasteiger partial charge in [0, 0.05) is 31.4 Å². The first-order valence-corrected chi connectivity index (χ1v) is 9.42. The summed E-state index contributed by atoms with van der Waals surface area (Å²) < 4.78 is 16.9. The maximum atomic E-state index is 12.4. The molecule has 0 saturated carbocycles. The van der Waals surface area contributed by atoms with Crippen molar-refractivity contribution in [3.63, 3.8) is 0 Å². The predicted molar refractivity (Wildman–Crippen MR) is 102 cm³/mol. The summed E-state index contributed by atoms with van der Waals surface area (Å²) in [7, 11) is 0. The van der Waals surface area contributed by atoms with Gasteiger partial charge in [-0.15, -0.1) is 0 Å². The van der Waals surface area contributed by atoms with Gasteiger partial charge in [0.1, 0.15) is 24.6 Å². The van der Waals surface area contributed by atoms with Crippen LogP contribution < -0.4 is 11.0 Å². The Balaban J connectivity index is 1.63. The normalized spacial score (nSPS) is 27.6. The molecule has 29 heavy (non-hydrogen) atoms. The Hall–Kier alpha value is -2.31. The molecular weight excluding hydrogens is 384 g/mol. The number of aliphatic hydroxyl groups is 2. The van der Waals surface area contributed by atoms with Crippen molar-refractivity contribution in [3.8, 4) is 0 Å². The molecule has 2 aliphatic heterocycles. The molecule has 160 valence electrons. The molecule has 4 atom stereocenters. The van der Waals surface area contributed by atoms with Gasteiger partial charge < -0.3 is 24.4 Å². The first-order valence-electron chi connectivity index (χ1n) is 9.42. The average Bonchev–Trinajstić information content (AvgIpc) is 2.96. The number of aliphatic hydroxyl groups excluding tert-OH is 2. The number of nitrogens with zero attached hydrogens (tertiary/aromatic N) is 3. The Bertz CT molecular complexity index is 793. The number of hydrogen-bond donors (Lipinski definition) is 3. The molecule has 11 heteroatoms. The van der Waals surface area contributed by atoms with Crippen LogP contribution in [0.1, 0.15) is 18.7 Å². The van der Waals surface area contributed by atoms with Crippen LogP contribution in [-0.2, 0) is 14.2 Å². The molecule has 0 bridgehead atoms. The van der Waals surface area contributed by atoms with E-state index in [1.807, 2.05) is 0 Å². The van der Waals surface area contributed by atoms with E-state index in [4.69, 9.17) is 14.2 Å². The lowest BCUT2D eigenvalue weighted by molar-refractivity contribution is -0.0350. The molecule has 2 unspecified atom stereocenters. The summed E-state index contributed by atoms with van der Waals surface area (Å²) in [6.07, 6.45) is -2.14. The number of nitrogens with one attached hydrogen (secondary N) is 1. The largest absolute Gasteiger partial charge is 0.448 e. The summed E-state index contributed by atoms with van der Waals surface area (Å²) in [5, 5.41) is 22.4. The molecule has 3 heterocycles. The number of hydrogen-bond acceptors (Lipinski definition) is 9. The van der Waals surface area contributed by atoms with Crippen molar-refractivity contribution in [2.24, 2.45) is 0 Å². The van der Waals surface area contributed by atoms with Crippen molar-refractivity contribution in [1.29, 1.82) is 0 Å². The van der Waals surface area contributed by atoms with Crippen molar-refractivity contribution >= 4 is 18.0 Å². The van der Waals surface area contributed by atoms with Gasteiger partial charge in [0.2, 0.25) is 0 Å². The van der Waals surface area contributed by atoms with Gasteiger partial charge in [-0.2, -0.15) is 4.98 Å². The van der Waals surface area contributed by atoms with Gasteiger partial charge in [0.15, 0.2) is 6.23 Å². The van der Waals surface area contributed by atoms with Crippen LogP contribution in [0, 0.1) is 0 Å². The molecule has 0 spiro atoms. The van der Waals surface area contributed by atoms with Crippen LogP contribution in [0.4, 0.5) is 10.6 Å². The van der Waals surface area contributed by atoms with Crippen LogP contribution >= 0.6 is 0 Å². The van der Waals surface area contributed by atoms with E-state index < -0.39 is 36.3 Å². The number of anilines is 1. The summed E-state index contributed by atoms with van der Waals surface area (Å²) in [4.78, 5) is 30.4. The fourth-order valence-corrected chi connectivity index (χ4v) is 3.20. The van der Waals surface area contributed by atoms with Crippen molar-refractivity contribution in [2.75, 3.05) is 44.8 Å². The topological polar surface area (TPSA) is 135 Å². The first-order chi connectivity index (χ1) is 13.9. The fraction of sp³-hybridized carbons (Fsp3) is 0.611. The van der Waals surface area contributed by atoms with E-state index in [2.05, 4.69) is 21.8 Å². The number of morpholine rings is 1. The highest BCUT2D eigenvalue weighted by Gasteiger charge is 2.42. The highest BCUT2D eigenvalue weighted by molar-refractivity contribution is 5.85. The van der Waals surface area contributed by atoms with Crippen molar-refractivity contribution in [3.05, 3.63) is 28.8 Å². The molecule has 0 radical (unpaired) electrons. The number of aromatic nitrogens is 2. The maximum absolute atomic E-state index is 12.4. The predicted octanol–water partition coefficient (Wildman–Crippen LogP) is -0.594. The molecule has 0 aliphatic carbocycles. The molecule has 1 aromatic heterocycles. The summed E-state index contributed by atoms with van der Waals surface area (Å²) in [6.45, 7) is 8.89. The highest BCUT2D eigenvalue weighted by Crippen LogP contribution is 2.28. The van der Waals surface area contributed by atoms with Gasteiger partial charge in [-0.1, -0.05) is 12.7 Å². The van der Waals surface area contributed by atoms with Crippen LogP contribution in [0.25, 0.3) is 6.08 Å². The third kappa shape index (κ3) is 5.00. The molecule has 0 aromatic carbocycles. The fourth-order valence-electron chi connectivity index (χ4n) is 3.20. The summed E-state index contributed by atoms with van der Waals surface area (Å²) in [5.41, 5.74) is -0.427. The van der Waals surface area contributed by atoms with Gasteiger partial charge in [-0.3, -0.25) is 14.8 Å². The van der Waals surface area contributed by atoms with E-state index in [1.165, 1.54) is 12.3 Å². The minimum Gasteiger partial charge on any atom is -0.448 e. The molecule has 3 rings (SSSR count). The molecule has 2 aliphatic rings. The second-order valence-electron chi connectivity index (χ2n) is 6.87. The number of carbonyl (C=O) groups excluding carboxylic acids is 1. The molecule has 2 fully saturated rings. The van der Waals surface area contributed by atoms with E-state index in [9.17, 15) is 19.8 Å². The summed E-state index contributed by atoms with van der Waals surface area (Å²) >= 11 is 0. The average molecular weight is 410 g/mol. The molecule has 3 N–H and O–H groups in total. The molecular formula is C18H26N4O7. The summed E-state index contributed by atoms with van der Waals surface area (Å²) in [5.74, 6) is -0.0151. The van der Waals surface area contributed by atoms with E-state index in [1.54, 1.807) is 6.92 Å². The van der Waals surface area contributed by atoms with Gasteiger partial charge in [-0.25, -0.2) is 9.59 Å². The Morgan fingerprint density at radius 2 is 2.14 bits per heavy atom. The van der Waals surface area contributed by atoms with Crippen molar-refractivity contribution < 1.29 is 29.2 Å². The minimum atomic E-state index is -1.29. The van der Waals surface area contributed by atoms with Crippen molar-refractivity contribution in [1.82, 2.24) is 14.5 Å². The van der Waals surface area contributed by atoms with Gasteiger partial charge in [0.25, 0.3) is 0 Å². The van der Waals surface area contributed by atoms with Crippen molar-refractivity contribution in [2.45, 2.75) is 31.5 Å². The smallest absolute Gasteiger partial charge is 0.412 e. The second-order valence-corrected chi connectivity index (χ2v) is 6.87. The van der Waals surface area contributed by atoms with Crippen LogP contribution in [-0.4, -0.2) is 88.5 Å². The molecule has 1 aromatic rings. The number of carbonyl (C=O) groups is 1. The van der Waals surface area contributed by atoms with Gasteiger partial charge >= 0.3 is 11.8 Å². The lowest BCUT2D eigenvalue weighted by Crippen LogP contribution is -2.38. The molecule has 1 amide bonds. The minimum absolute atomic E-state index is 0.0151. The van der Waals surface area contributed by atoms with E-state index >= 15 is 0 Å². The van der Waals surface area contributed by atoms with Crippen LogP contribution in [0.15, 0.2) is 17.6 Å². The third-order valence-electron chi connectivity index (χ3n) is 4.92. The Labute approximate surface area is 167 Å². The van der Waals surface area contributed by atoms with Crippen LogP contribution in [0.5, 0.6) is 0 Å². The second kappa shape index (κ2) is 9.46. The standard InChI is InChI=1S/C18H26N4O7/c1-3-12-10-22(16-14(24)13(23)11(2)29-16)17(25)19-15(12)20-18(26)28-9-6-21-4-7-27-8-5-21/h3,10-11,13-14,16,23-24H,1,4-9H2,2H3,(H,19,20,25,26)/t11-,13?,14?,16-/m1/s1. The van der Waals surface area contributed by atoms with Crippen LogP contribution in [0.2, 0.25) is 0 Å². The Morgan fingerprint density at radius 3 is 2.76 bits per heavy atom. The zero-order chi connectivity index (χ0) is 21.0. The Morgan fingerprint density at radius 1 is 1.41 bits per heavy atom. The van der Waals surface area contributed by atoms with E-state index in [0.29, 0.717) is 25.3 Å². The number of ether oxygens (including phenoxy) is 3. The third-order valence-corrected chi connectivity index (χ3v) is 4.92. The number of rotatable bonds is 6. The van der Waals surface area contributed by atoms with Crippen LogP contribution in [0.3, 0.4) is 0 Å². The first kappa shape index (κ1) is 21.4. The highest BCUT2D eigenvalue weighted by atomic mass is 16.6. The SMILES string of the molecule is C=Cc1cn([C@@H]2O[C@H](C)C(O)C2O)c(=O)nc1NC(=O)OCCN1CCOCC1. The lowest BCUT2D eigenvalue weighted by Gasteiger charge is -2.26. The quantitative estimate of drug-likeness (QED) is 0.562. The lowest BCUT2D eigenvalue weighted by atomic mass is 10.1. The Kier molecular flexibility index (Phi) is 6.98. The molecule has 11 nitrogen and oxygen atoms in total. The van der Waals surface area contributed by atoms with Gasteiger partial charge in [0.05, 0.1) is 19.3 Å². The zero-order valence-corrected chi connectivity index (χ0v) is 16.2. The zero-order valence-electron chi connectivity index (χ0n) is 16.2.